The highest BCUT2D eigenvalue weighted by Gasteiger charge is 2.13. The Bertz CT molecular complexity index is 953. The van der Waals surface area contributed by atoms with Gasteiger partial charge in [0.15, 0.2) is 0 Å². The molecule has 6 nitrogen and oxygen atoms in total. The molecular formula is C17H18N4O2. The zero-order valence-electron chi connectivity index (χ0n) is 13.3. The number of carbonyl (C=O) groups is 1. The van der Waals surface area contributed by atoms with Crippen molar-refractivity contribution in [1.82, 2.24) is 14.1 Å². The number of nitrogens with one attached hydrogen (secondary N) is 1. The molecule has 0 bridgehead atoms. The maximum Gasteiger partial charge on any atom is 0.269 e. The van der Waals surface area contributed by atoms with E-state index in [9.17, 15) is 9.59 Å². The number of aryl methyl sites for hydroxylation is 3. The molecule has 3 aromatic rings. The SMILES string of the molecule is Cc1cc(C)n(NC(=O)Cc2c(C)nc3ccccn23)c(=O)c1. The number of hydrogen-bond acceptors (Lipinski definition) is 3. The van der Waals surface area contributed by atoms with Crippen LogP contribution < -0.4 is 11.0 Å². The molecule has 0 aliphatic heterocycles. The van der Waals surface area contributed by atoms with Crippen molar-refractivity contribution in [2.45, 2.75) is 27.2 Å². The zero-order valence-corrected chi connectivity index (χ0v) is 13.3. The van der Waals surface area contributed by atoms with Crippen LogP contribution in [0.15, 0.2) is 41.3 Å². The van der Waals surface area contributed by atoms with Crippen molar-refractivity contribution in [2.75, 3.05) is 5.43 Å². The first-order valence-corrected chi connectivity index (χ1v) is 7.38. The molecule has 0 spiro atoms. The van der Waals surface area contributed by atoms with Gasteiger partial charge in [0.2, 0.25) is 5.91 Å². The highest BCUT2D eigenvalue weighted by Crippen LogP contribution is 2.12. The number of aromatic nitrogens is 3. The largest absolute Gasteiger partial charge is 0.303 e. The molecule has 1 amide bonds. The summed E-state index contributed by atoms with van der Waals surface area (Å²) in [5, 5.41) is 0. The summed E-state index contributed by atoms with van der Waals surface area (Å²) in [6.45, 7) is 5.51. The summed E-state index contributed by atoms with van der Waals surface area (Å²) in [6, 6.07) is 9.03. The van der Waals surface area contributed by atoms with Gasteiger partial charge in [0.1, 0.15) is 5.65 Å². The van der Waals surface area contributed by atoms with Crippen molar-refractivity contribution in [1.29, 1.82) is 0 Å². The summed E-state index contributed by atoms with van der Waals surface area (Å²) < 4.78 is 3.16. The first kappa shape index (κ1) is 15.0. The van der Waals surface area contributed by atoms with E-state index in [0.717, 1.165) is 22.6 Å². The van der Waals surface area contributed by atoms with Crippen molar-refractivity contribution in [3.63, 3.8) is 0 Å². The van der Waals surface area contributed by atoms with Gasteiger partial charge < -0.3 is 4.40 Å². The average molecular weight is 310 g/mol. The molecule has 0 atom stereocenters. The van der Waals surface area contributed by atoms with Gasteiger partial charge in [0, 0.05) is 18.0 Å². The molecule has 3 rings (SSSR count). The lowest BCUT2D eigenvalue weighted by atomic mass is 10.2. The van der Waals surface area contributed by atoms with Crippen molar-refractivity contribution in [3.05, 3.63) is 69.5 Å². The first-order valence-electron chi connectivity index (χ1n) is 7.38. The van der Waals surface area contributed by atoms with E-state index in [0.29, 0.717) is 5.69 Å². The highest BCUT2D eigenvalue weighted by atomic mass is 16.2. The van der Waals surface area contributed by atoms with E-state index < -0.39 is 0 Å². The van der Waals surface area contributed by atoms with Crippen molar-refractivity contribution in [2.24, 2.45) is 0 Å². The Morgan fingerprint density at radius 1 is 1.22 bits per heavy atom. The Labute approximate surface area is 133 Å². The molecule has 0 saturated heterocycles. The number of imidazole rings is 1. The van der Waals surface area contributed by atoms with E-state index in [2.05, 4.69) is 10.4 Å². The first-order chi connectivity index (χ1) is 11.0. The molecule has 0 fully saturated rings. The second-order valence-corrected chi connectivity index (χ2v) is 5.63. The van der Waals surface area contributed by atoms with Crippen LogP contribution in [0.25, 0.3) is 5.65 Å². The predicted octanol–water partition coefficient (Wildman–Crippen LogP) is 1.73. The Hall–Kier alpha value is -2.89. The maximum atomic E-state index is 12.4. The van der Waals surface area contributed by atoms with Crippen LogP contribution in [0.4, 0.5) is 0 Å². The summed E-state index contributed by atoms with van der Waals surface area (Å²) in [5.74, 6) is -0.257. The topological polar surface area (TPSA) is 68.4 Å². The molecule has 0 radical (unpaired) electrons. The van der Waals surface area contributed by atoms with Gasteiger partial charge >= 0.3 is 0 Å². The predicted molar refractivity (Wildman–Crippen MR) is 88.2 cm³/mol. The van der Waals surface area contributed by atoms with E-state index in [1.807, 2.05) is 48.7 Å². The van der Waals surface area contributed by atoms with Crippen molar-refractivity contribution in [3.8, 4) is 0 Å². The van der Waals surface area contributed by atoms with E-state index in [-0.39, 0.29) is 17.9 Å². The second-order valence-electron chi connectivity index (χ2n) is 5.63. The lowest BCUT2D eigenvalue weighted by Gasteiger charge is -2.12. The van der Waals surface area contributed by atoms with Crippen LogP contribution in [0.5, 0.6) is 0 Å². The monoisotopic (exact) mass is 310 g/mol. The smallest absolute Gasteiger partial charge is 0.269 e. The third-order valence-electron chi connectivity index (χ3n) is 3.75. The number of nitrogens with zero attached hydrogens (tertiary/aromatic N) is 3. The second kappa shape index (κ2) is 5.72. The van der Waals surface area contributed by atoms with Gasteiger partial charge in [-0.1, -0.05) is 6.07 Å². The quantitative estimate of drug-likeness (QED) is 0.801. The summed E-state index contributed by atoms with van der Waals surface area (Å²) in [5.41, 5.74) is 6.40. The summed E-state index contributed by atoms with van der Waals surface area (Å²) in [6.07, 6.45) is 2.03. The molecule has 1 N–H and O–H groups in total. The average Bonchev–Trinajstić information content (AvgIpc) is 2.79. The lowest BCUT2D eigenvalue weighted by molar-refractivity contribution is -0.116. The fraction of sp³-hybridized carbons (Fsp3) is 0.235. The molecule has 23 heavy (non-hydrogen) atoms. The van der Waals surface area contributed by atoms with Crippen molar-refractivity contribution >= 4 is 11.6 Å². The minimum atomic E-state index is -0.257. The van der Waals surface area contributed by atoms with Crippen LogP contribution in [0.2, 0.25) is 0 Å². The number of rotatable bonds is 3. The number of pyridine rings is 2. The van der Waals surface area contributed by atoms with Gasteiger partial charge in [-0.2, -0.15) is 0 Å². The summed E-state index contributed by atoms with van der Waals surface area (Å²) in [4.78, 5) is 28.8. The molecule has 3 aromatic heterocycles. The van der Waals surface area contributed by atoms with Gasteiger partial charge in [-0.25, -0.2) is 9.66 Å². The van der Waals surface area contributed by atoms with Crippen LogP contribution >= 0.6 is 0 Å². The molecule has 6 heteroatoms. The number of fused-ring (bicyclic) bond motifs is 1. The molecule has 0 saturated carbocycles. The maximum absolute atomic E-state index is 12.4. The third-order valence-corrected chi connectivity index (χ3v) is 3.75. The Kier molecular flexibility index (Phi) is 3.73. The highest BCUT2D eigenvalue weighted by molar-refractivity contribution is 5.85. The number of carbonyl (C=O) groups excluding carboxylic acids is 1. The van der Waals surface area contributed by atoms with Gasteiger partial charge in [-0.3, -0.25) is 15.0 Å². The van der Waals surface area contributed by atoms with Crippen LogP contribution in [-0.2, 0) is 11.2 Å². The van der Waals surface area contributed by atoms with Crippen molar-refractivity contribution < 1.29 is 4.79 Å². The molecule has 0 aliphatic rings. The van der Waals surface area contributed by atoms with Crippen LogP contribution in [0, 0.1) is 20.8 Å². The van der Waals surface area contributed by atoms with Gasteiger partial charge in [-0.15, -0.1) is 0 Å². The fourth-order valence-corrected chi connectivity index (χ4v) is 2.71. The van der Waals surface area contributed by atoms with E-state index in [4.69, 9.17) is 0 Å². The molecular weight excluding hydrogens is 292 g/mol. The molecule has 118 valence electrons. The molecule has 3 heterocycles. The van der Waals surface area contributed by atoms with Crippen LogP contribution in [0.3, 0.4) is 0 Å². The minimum absolute atomic E-state index is 0.150. The van der Waals surface area contributed by atoms with Gasteiger partial charge in [0.25, 0.3) is 5.56 Å². The normalized spacial score (nSPS) is 10.9. The third kappa shape index (κ3) is 2.88. The molecule has 0 aromatic carbocycles. The van der Waals surface area contributed by atoms with Crippen LogP contribution in [-0.4, -0.2) is 20.0 Å². The molecule has 0 aliphatic carbocycles. The fourth-order valence-electron chi connectivity index (χ4n) is 2.71. The van der Waals surface area contributed by atoms with E-state index in [1.54, 1.807) is 6.92 Å². The zero-order chi connectivity index (χ0) is 16.6. The number of amides is 1. The minimum Gasteiger partial charge on any atom is -0.303 e. The molecule has 0 unspecified atom stereocenters. The Morgan fingerprint density at radius 3 is 2.74 bits per heavy atom. The standard InChI is InChI=1S/C17H18N4O2/c1-11-8-12(2)21(17(23)9-11)19-16(22)10-14-13(3)18-15-6-4-5-7-20(14)15/h4-9H,10H2,1-3H3,(H,19,22). The Morgan fingerprint density at radius 2 is 2.00 bits per heavy atom. The lowest BCUT2D eigenvalue weighted by Crippen LogP contribution is -2.35. The Balaban J connectivity index is 1.88. The van der Waals surface area contributed by atoms with E-state index >= 15 is 0 Å². The van der Waals surface area contributed by atoms with Gasteiger partial charge in [-0.05, 0) is 44.5 Å². The summed E-state index contributed by atoms with van der Waals surface area (Å²) in [7, 11) is 0. The van der Waals surface area contributed by atoms with Gasteiger partial charge in [0.05, 0.1) is 17.8 Å². The van der Waals surface area contributed by atoms with Crippen LogP contribution in [0.1, 0.15) is 22.6 Å². The number of hydrogen-bond donors (Lipinski definition) is 1. The summed E-state index contributed by atoms with van der Waals surface area (Å²) >= 11 is 0. The van der Waals surface area contributed by atoms with E-state index in [1.165, 1.54) is 10.7 Å².